The van der Waals surface area contributed by atoms with Crippen molar-refractivity contribution in [2.45, 2.75) is 26.4 Å². The van der Waals surface area contributed by atoms with Gasteiger partial charge in [-0.25, -0.2) is 4.79 Å². The molecule has 3 N–H and O–H groups in total. The molecular weight excluding hydrogens is 274 g/mol. The fraction of sp³-hybridized carbons (Fsp3) is 0.615. The molecule has 21 heavy (non-hydrogen) atoms. The lowest BCUT2D eigenvalue weighted by atomic mass is 10.1. The largest absolute Gasteiger partial charge is 0.391 e. The van der Waals surface area contributed by atoms with Crippen LogP contribution in [0.4, 0.5) is 5.95 Å². The van der Waals surface area contributed by atoms with Gasteiger partial charge in [-0.2, -0.15) is 4.98 Å². The van der Waals surface area contributed by atoms with E-state index in [-0.39, 0.29) is 5.52 Å². The molecule has 0 spiro atoms. The van der Waals surface area contributed by atoms with Crippen molar-refractivity contribution < 1.29 is 5.11 Å². The van der Waals surface area contributed by atoms with Gasteiger partial charge in [0.1, 0.15) is 0 Å². The molecule has 0 aliphatic carbocycles. The number of imidazole rings is 1. The number of rotatable bonds is 5. The Hall–Kier alpha value is -2.09. The normalized spacial score (nSPS) is 13.0. The van der Waals surface area contributed by atoms with Crippen molar-refractivity contribution in [2.24, 2.45) is 20.0 Å². The molecule has 0 aromatic carbocycles. The Balaban J connectivity index is 2.28. The molecule has 0 aliphatic heterocycles. The third-order valence-corrected chi connectivity index (χ3v) is 3.34. The molecule has 1 unspecified atom stereocenters. The van der Waals surface area contributed by atoms with Gasteiger partial charge in [-0.05, 0) is 12.3 Å². The first-order valence-electron chi connectivity index (χ1n) is 6.89. The predicted octanol–water partition coefficient (Wildman–Crippen LogP) is -0.221. The van der Waals surface area contributed by atoms with Crippen LogP contribution < -0.4 is 16.6 Å². The second kappa shape index (κ2) is 5.72. The molecule has 2 aromatic heterocycles. The summed E-state index contributed by atoms with van der Waals surface area (Å²) in [6, 6.07) is 0. The van der Waals surface area contributed by atoms with E-state index in [4.69, 9.17) is 0 Å². The number of anilines is 1. The number of aryl methyl sites for hydroxylation is 1. The van der Waals surface area contributed by atoms with Gasteiger partial charge < -0.3 is 15.4 Å². The maximum absolute atomic E-state index is 12.0. The summed E-state index contributed by atoms with van der Waals surface area (Å²) >= 11 is 0. The Morgan fingerprint density at radius 1 is 1.29 bits per heavy atom. The maximum atomic E-state index is 12.0. The SMILES string of the molecule is CC(C)CC(O)CNc1nc2c([nH]1)c(=O)n(C)c(=O)n2C. The summed E-state index contributed by atoms with van der Waals surface area (Å²) in [5.41, 5.74) is -0.286. The van der Waals surface area contributed by atoms with Gasteiger partial charge in [0.15, 0.2) is 11.2 Å². The lowest BCUT2D eigenvalue weighted by Gasteiger charge is -2.12. The summed E-state index contributed by atoms with van der Waals surface area (Å²) in [6.45, 7) is 4.39. The van der Waals surface area contributed by atoms with Gasteiger partial charge in [-0.3, -0.25) is 13.9 Å². The monoisotopic (exact) mass is 295 g/mol. The van der Waals surface area contributed by atoms with Crippen LogP contribution in [0.1, 0.15) is 20.3 Å². The van der Waals surface area contributed by atoms with Crippen molar-refractivity contribution in [1.82, 2.24) is 19.1 Å². The van der Waals surface area contributed by atoms with E-state index in [0.717, 1.165) is 4.57 Å². The summed E-state index contributed by atoms with van der Waals surface area (Å²) in [6.07, 6.45) is 0.179. The minimum atomic E-state index is -0.495. The summed E-state index contributed by atoms with van der Waals surface area (Å²) in [5.74, 6) is 0.761. The minimum absolute atomic E-state index is 0.264. The zero-order chi connectivity index (χ0) is 15.7. The van der Waals surface area contributed by atoms with Crippen LogP contribution in [-0.2, 0) is 14.1 Å². The van der Waals surface area contributed by atoms with Crippen LogP contribution in [0.15, 0.2) is 9.59 Å². The first-order chi connectivity index (χ1) is 9.81. The lowest BCUT2D eigenvalue weighted by Crippen LogP contribution is -2.36. The number of H-pyrrole nitrogens is 1. The van der Waals surface area contributed by atoms with E-state index in [1.165, 1.54) is 11.6 Å². The first-order valence-corrected chi connectivity index (χ1v) is 6.89. The number of hydrogen-bond acceptors (Lipinski definition) is 5. The van der Waals surface area contributed by atoms with Crippen LogP contribution in [-0.4, -0.2) is 36.9 Å². The molecule has 0 fully saturated rings. The van der Waals surface area contributed by atoms with Crippen molar-refractivity contribution in [3.8, 4) is 0 Å². The van der Waals surface area contributed by atoms with Crippen LogP contribution >= 0.6 is 0 Å². The van der Waals surface area contributed by atoms with Crippen molar-refractivity contribution in [3.63, 3.8) is 0 Å². The smallest absolute Gasteiger partial charge is 0.332 e. The van der Waals surface area contributed by atoms with Crippen LogP contribution in [0.2, 0.25) is 0 Å². The quantitative estimate of drug-likeness (QED) is 0.707. The van der Waals surface area contributed by atoms with Crippen LogP contribution in [0.5, 0.6) is 0 Å². The molecule has 0 saturated carbocycles. The average Bonchev–Trinajstić information content (AvgIpc) is 2.84. The van der Waals surface area contributed by atoms with Gasteiger partial charge >= 0.3 is 5.69 Å². The van der Waals surface area contributed by atoms with E-state index in [1.807, 2.05) is 13.8 Å². The van der Waals surface area contributed by atoms with Crippen LogP contribution in [0, 0.1) is 5.92 Å². The zero-order valence-corrected chi connectivity index (χ0v) is 12.7. The molecule has 0 aliphatic rings. The summed E-state index contributed by atoms with van der Waals surface area (Å²) < 4.78 is 2.33. The van der Waals surface area contributed by atoms with Gasteiger partial charge in [0, 0.05) is 20.6 Å². The number of aromatic amines is 1. The number of aliphatic hydroxyl groups excluding tert-OH is 1. The van der Waals surface area contributed by atoms with Gasteiger partial charge in [0.05, 0.1) is 6.10 Å². The number of nitrogens with one attached hydrogen (secondary N) is 2. The van der Waals surface area contributed by atoms with Crippen molar-refractivity contribution >= 4 is 17.1 Å². The summed E-state index contributed by atoms with van der Waals surface area (Å²) in [7, 11) is 2.98. The first kappa shape index (κ1) is 15.3. The van der Waals surface area contributed by atoms with Crippen LogP contribution in [0.25, 0.3) is 11.2 Å². The van der Waals surface area contributed by atoms with Crippen LogP contribution in [0.3, 0.4) is 0 Å². The number of aliphatic hydroxyl groups is 1. The molecule has 2 rings (SSSR count). The topological polar surface area (TPSA) is 105 Å². The molecule has 1 atom stereocenters. The van der Waals surface area contributed by atoms with E-state index in [2.05, 4.69) is 15.3 Å². The Bertz CT molecular complexity index is 755. The average molecular weight is 295 g/mol. The van der Waals surface area contributed by atoms with Crippen molar-refractivity contribution in [2.75, 3.05) is 11.9 Å². The predicted molar refractivity (Wildman–Crippen MR) is 80.5 cm³/mol. The minimum Gasteiger partial charge on any atom is -0.391 e. The highest BCUT2D eigenvalue weighted by molar-refractivity contribution is 5.72. The molecule has 2 heterocycles. The van der Waals surface area contributed by atoms with Crippen molar-refractivity contribution in [1.29, 1.82) is 0 Å². The van der Waals surface area contributed by atoms with Gasteiger partial charge in [0.25, 0.3) is 5.56 Å². The van der Waals surface area contributed by atoms with E-state index in [9.17, 15) is 14.7 Å². The van der Waals surface area contributed by atoms with E-state index < -0.39 is 17.4 Å². The molecule has 116 valence electrons. The molecule has 0 bridgehead atoms. The number of hydrogen-bond donors (Lipinski definition) is 3. The Kier molecular flexibility index (Phi) is 4.17. The second-order valence-corrected chi connectivity index (χ2v) is 5.65. The maximum Gasteiger partial charge on any atom is 0.332 e. The molecule has 0 saturated heterocycles. The zero-order valence-electron chi connectivity index (χ0n) is 12.7. The molecule has 0 radical (unpaired) electrons. The molecular formula is C13H21N5O3. The van der Waals surface area contributed by atoms with Gasteiger partial charge in [-0.1, -0.05) is 13.8 Å². The fourth-order valence-corrected chi connectivity index (χ4v) is 2.25. The Morgan fingerprint density at radius 3 is 2.57 bits per heavy atom. The second-order valence-electron chi connectivity index (χ2n) is 5.65. The summed E-state index contributed by atoms with van der Waals surface area (Å²) in [5, 5.41) is 12.8. The molecule has 0 amide bonds. The highest BCUT2D eigenvalue weighted by atomic mass is 16.3. The van der Waals surface area contributed by atoms with E-state index >= 15 is 0 Å². The van der Waals surface area contributed by atoms with Crippen molar-refractivity contribution in [3.05, 3.63) is 20.8 Å². The highest BCUT2D eigenvalue weighted by Gasteiger charge is 2.14. The summed E-state index contributed by atoms with van der Waals surface area (Å²) in [4.78, 5) is 30.9. The van der Waals surface area contributed by atoms with E-state index in [1.54, 1.807) is 7.05 Å². The van der Waals surface area contributed by atoms with E-state index in [0.29, 0.717) is 30.5 Å². The molecule has 8 nitrogen and oxygen atoms in total. The Labute approximate surface area is 121 Å². The highest BCUT2D eigenvalue weighted by Crippen LogP contribution is 2.09. The standard InChI is InChI=1S/C13H21N5O3/c1-7(2)5-8(19)6-14-12-15-9-10(16-12)17(3)13(21)18(4)11(9)20/h7-8,19H,5-6H2,1-4H3,(H2,14,15,16). The number of aromatic nitrogens is 4. The fourth-order valence-electron chi connectivity index (χ4n) is 2.25. The molecule has 8 heteroatoms. The van der Waals surface area contributed by atoms with Gasteiger partial charge in [0.2, 0.25) is 5.95 Å². The third kappa shape index (κ3) is 2.99. The third-order valence-electron chi connectivity index (χ3n) is 3.34. The lowest BCUT2D eigenvalue weighted by molar-refractivity contribution is 0.161. The number of nitrogens with zero attached hydrogens (tertiary/aromatic N) is 3. The molecule has 2 aromatic rings. The number of fused-ring (bicyclic) bond motifs is 1. The Morgan fingerprint density at radius 2 is 1.95 bits per heavy atom. The van der Waals surface area contributed by atoms with Gasteiger partial charge in [-0.15, -0.1) is 0 Å².